The quantitative estimate of drug-likeness (QED) is 0.715. The van der Waals surface area contributed by atoms with Crippen molar-refractivity contribution in [1.82, 2.24) is 15.1 Å². The fourth-order valence-electron chi connectivity index (χ4n) is 2.71. The molecular weight excluding hydrogens is 361 g/mol. The summed E-state index contributed by atoms with van der Waals surface area (Å²) in [5.41, 5.74) is 2.22. The maximum absolute atomic E-state index is 12.5. The Morgan fingerprint density at radius 1 is 1.28 bits per heavy atom. The zero-order valence-corrected chi connectivity index (χ0v) is 15.3. The molecule has 2 heterocycles. The number of carbonyl (C=O) groups excluding carboxylic acids is 1. The molecule has 0 saturated carbocycles. The SMILES string of the molecule is Cc1cc(C)n(C(CNC(=O)c2cc(Cl)ccc2Cl)c2ccco2)n1. The molecule has 1 unspecified atom stereocenters. The van der Waals surface area contributed by atoms with Crippen LogP contribution < -0.4 is 5.32 Å². The number of rotatable bonds is 5. The third-order valence-electron chi connectivity index (χ3n) is 3.84. The van der Waals surface area contributed by atoms with Crippen molar-refractivity contribution in [1.29, 1.82) is 0 Å². The molecule has 0 radical (unpaired) electrons. The molecule has 0 aliphatic rings. The number of nitrogens with one attached hydrogen (secondary N) is 1. The van der Waals surface area contributed by atoms with Crippen LogP contribution in [0.15, 0.2) is 47.1 Å². The minimum atomic E-state index is -0.300. The van der Waals surface area contributed by atoms with Crippen molar-refractivity contribution >= 4 is 29.1 Å². The Morgan fingerprint density at radius 2 is 2.08 bits per heavy atom. The topological polar surface area (TPSA) is 60.1 Å². The predicted molar refractivity (Wildman–Crippen MR) is 97.3 cm³/mol. The Morgan fingerprint density at radius 3 is 2.72 bits per heavy atom. The van der Waals surface area contributed by atoms with Crippen molar-refractivity contribution in [2.45, 2.75) is 19.9 Å². The largest absolute Gasteiger partial charge is 0.467 e. The van der Waals surface area contributed by atoms with Crippen molar-refractivity contribution in [3.05, 3.63) is 75.4 Å². The summed E-state index contributed by atoms with van der Waals surface area (Å²) in [6.07, 6.45) is 1.60. The number of benzene rings is 1. The van der Waals surface area contributed by atoms with Crippen LogP contribution in [0, 0.1) is 13.8 Å². The Hall–Kier alpha value is -2.24. The molecule has 0 aliphatic heterocycles. The highest BCUT2D eigenvalue weighted by Crippen LogP contribution is 2.22. The Balaban J connectivity index is 1.83. The van der Waals surface area contributed by atoms with Crippen LogP contribution in [0.3, 0.4) is 0 Å². The number of aromatic nitrogens is 2. The number of amides is 1. The summed E-state index contributed by atoms with van der Waals surface area (Å²) in [5, 5.41) is 8.20. The van der Waals surface area contributed by atoms with Crippen molar-refractivity contribution < 1.29 is 9.21 Å². The molecule has 0 spiro atoms. The maximum atomic E-state index is 12.5. The van der Waals surface area contributed by atoms with Gasteiger partial charge in [0.1, 0.15) is 11.8 Å². The lowest BCUT2D eigenvalue weighted by atomic mass is 10.2. The molecule has 0 saturated heterocycles. The molecule has 3 aromatic rings. The van der Waals surface area contributed by atoms with E-state index in [1.54, 1.807) is 24.5 Å². The number of aryl methyl sites for hydroxylation is 2. The summed E-state index contributed by atoms with van der Waals surface area (Å²) >= 11 is 12.1. The summed E-state index contributed by atoms with van der Waals surface area (Å²) < 4.78 is 7.38. The summed E-state index contributed by atoms with van der Waals surface area (Å²) in [5.74, 6) is 0.411. The van der Waals surface area contributed by atoms with Crippen LogP contribution in [0.4, 0.5) is 0 Å². The molecule has 2 aromatic heterocycles. The minimum Gasteiger partial charge on any atom is -0.467 e. The third-order valence-corrected chi connectivity index (χ3v) is 4.41. The number of furan rings is 1. The van der Waals surface area contributed by atoms with Gasteiger partial charge in [-0.15, -0.1) is 0 Å². The van der Waals surface area contributed by atoms with Gasteiger partial charge in [0.05, 0.1) is 22.5 Å². The van der Waals surface area contributed by atoms with Gasteiger partial charge in [0.2, 0.25) is 0 Å². The van der Waals surface area contributed by atoms with Gasteiger partial charge in [-0.05, 0) is 50.2 Å². The normalized spacial score (nSPS) is 12.2. The molecule has 1 amide bonds. The summed E-state index contributed by atoms with van der Waals surface area (Å²) in [6.45, 7) is 4.19. The second-order valence-corrected chi connectivity index (χ2v) is 6.58. The molecule has 1 atom stereocenters. The average Bonchev–Trinajstić information content (AvgIpc) is 3.20. The van der Waals surface area contributed by atoms with E-state index in [-0.39, 0.29) is 11.9 Å². The molecule has 0 fully saturated rings. The van der Waals surface area contributed by atoms with Crippen molar-refractivity contribution in [2.75, 3.05) is 6.54 Å². The van der Waals surface area contributed by atoms with Gasteiger partial charge in [0.25, 0.3) is 5.91 Å². The van der Waals surface area contributed by atoms with Gasteiger partial charge in [-0.1, -0.05) is 23.2 Å². The molecule has 25 heavy (non-hydrogen) atoms. The predicted octanol–water partition coefficient (Wildman–Crippen LogP) is 4.42. The smallest absolute Gasteiger partial charge is 0.252 e. The van der Waals surface area contributed by atoms with E-state index < -0.39 is 0 Å². The number of hydrogen-bond donors (Lipinski definition) is 1. The van der Waals surface area contributed by atoms with E-state index in [0.29, 0.717) is 27.9 Å². The highest BCUT2D eigenvalue weighted by Gasteiger charge is 2.21. The zero-order chi connectivity index (χ0) is 18.0. The van der Waals surface area contributed by atoms with Crippen molar-refractivity contribution in [3.63, 3.8) is 0 Å². The van der Waals surface area contributed by atoms with Gasteiger partial charge in [-0.3, -0.25) is 9.48 Å². The third kappa shape index (κ3) is 3.89. The number of halogens is 2. The first-order chi connectivity index (χ1) is 12.0. The van der Waals surface area contributed by atoms with E-state index in [1.165, 1.54) is 0 Å². The molecule has 5 nitrogen and oxygen atoms in total. The molecular formula is C18H17Cl2N3O2. The molecule has 0 bridgehead atoms. The second kappa shape index (κ2) is 7.33. The van der Waals surface area contributed by atoms with Gasteiger partial charge in [-0.25, -0.2) is 0 Å². The Bertz CT molecular complexity index is 888. The second-order valence-electron chi connectivity index (χ2n) is 5.74. The van der Waals surface area contributed by atoms with Crippen LogP contribution in [0.25, 0.3) is 0 Å². The number of nitrogens with zero attached hydrogens (tertiary/aromatic N) is 2. The van der Waals surface area contributed by atoms with Crippen molar-refractivity contribution in [2.24, 2.45) is 0 Å². The van der Waals surface area contributed by atoms with Gasteiger partial charge in [0, 0.05) is 17.3 Å². The molecule has 0 aliphatic carbocycles. The van der Waals surface area contributed by atoms with E-state index in [1.807, 2.05) is 36.7 Å². The minimum absolute atomic E-state index is 0.259. The summed E-state index contributed by atoms with van der Waals surface area (Å²) in [7, 11) is 0. The van der Waals surface area contributed by atoms with Crippen LogP contribution >= 0.6 is 23.2 Å². The molecule has 3 rings (SSSR count). The van der Waals surface area contributed by atoms with Crippen LogP contribution in [-0.2, 0) is 0 Å². The highest BCUT2D eigenvalue weighted by atomic mass is 35.5. The fourth-order valence-corrected chi connectivity index (χ4v) is 3.08. The van der Waals surface area contributed by atoms with Crippen LogP contribution in [0.5, 0.6) is 0 Å². The average molecular weight is 378 g/mol. The fraction of sp³-hybridized carbons (Fsp3) is 0.222. The Labute approximate surface area is 155 Å². The Kier molecular flexibility index (Phi) is 5.16. The summed E-state index contributed by atoms with van der Waals surface area (Å²) in [4.78, 5) is 12.5. The molecule has 1 aromatic carbocycles. The van der Waals surface area contributed by atoms with E-state index >= 15 is 0 Å². The first-order valence-corrected chi connectivity index (χ1v) is 8.50. The zero-order valence-electron chi connectivity index (χ0n) is 13.8. The highest BCUT2D eigenvalue weighted by molar-refractivity contribution is 6.35. The van der Waals surface area contributed by atoms with Crippen molar-refractivity contribution in [3.8, 4) is 0 Å². The molecule has 1 N–H and O–H groups in total. The van der Waals surface area contributed by atoms with Gasteiger partial charge < -0.3 is 9.73 Å². The number of hydrogen-bond acceptors (Lipinski definition) is 3. The lowest BCUT2D eigenvalue weighted by Gasteiger charge is -2.18. The standard InChI is InChI=1S/C18H17Cl2N3O2/c1-11-8-12(2)23(22-11)16(17-4-3-7-25-17)10-21-18(24)14-9-13(19)5-6-15(14)20/h3-9,16H,10H2,1-2H3,(H,21,24). The van der Waals surface area contributed by atoms with Gasteiger partial charge in [0.15, 0.2) is 0 Å². The van der Waals surface area contributed by atoms with Crippen LogP contribution in [0.2, 0.25) is 10.0 Å². The number of carbonyl (C=O) groups is 1. The lowest BCUT2D eigenvalue weighted by molar-refractivity contribution is 0.0948. The molecule has 130 valence electrons. The van der Waals surface area contributed by atoms with E-state index in [4.69, 9.17) is 27.6 Å². The lowest BCUT2D eigenvalue weighted by Crippen LogP contribution is -2.32. The van der Waals surface area contributed by atoms with E-state index in [2.05, 4.69) is 10.4 Å². The van der Waals surface area contributed by atoms with E-state index in [0.717, 1.165) is 11.4 Å². The van der Waals surface area contributed by atoms with Gasteiger partial charge in [-0.2, -0.15) is 5.10 Å². The van der Waals surface area contributed by atoms with E-state index in [9.17, 15) is 4.79 Å². The molecule has 7 heteroatoms. The van der Waals surface area contributed by atoms with Crippen LogP contribution in [0.1, 0.15) is 33.5 Å². The monoisotopic (exact) mass is 377 g/mol. The maximum Gasteiger partial charge on any atom is 0.252 e. The first-order valence-electron chi connectivity index (χ1n) is 7.75. The first kappa shape index (κ1) is 17.6. The van der Waals surface area contributed by atoms with Gasteiger partial charge >= 0.3 is 0 Å². The summed E-state index contributed by atoms with van der Waals surface area (Å²) in [6, 6.07) is 10.2. The van der Waals surface area contributed by atoms with Crippen LogP contribution in [-0.4, -0.2) is 22.2 Å².